The maximum absolute atomic E-state index is 3.83. The summed E-state index contributed by atoms with van der Waals surface area (Å²) < 4.78 is 0. The van der Waals surface area contributed by atoms with E-state index in [0.29, 0.717) is 6.04 Å². The van der Waals surface area contributed by atoms with Gasteiger partial charge in [0.1, 0.15) is 0 Å². The predicted molar refractivity (Wildman–Crippen MR) is 84.0 cm³/mol. The first-order valence-corrected chi connectivity index (χ1v) is 8.50. The smallest absolute Gasteiger partial charge is 0.0414 e. The minimum absolute atomic E-state index is 0.712. The fourth-order valence-corrected chi connectivity index (χ4v) is 4.11. The Labute approximate surface area is 122 Å². The number of benzene rings is 1. The van der Waals surface area contributed by atoms with E-state index in [-0.39, 0.29) is 0 Å². The second-order valence-corrected chi connectivity index (χ2v) is 6.90. The summed E-state index contributed by atoms with van der Waals surface area (Å²) in [6.45, 7) is 2.28. The number of hydrogen-bond donors (Lipinski definition) is 1. The molecule has 1 unspecified atom stereocenters. The van der Waals surface area contributed by atoms with Crippen LogP contribution in [0.15, 0.2) is 24.3 Å². The van der Waals surface area contributed by atoms with Crippen molar-refractivity contribution < 1.29 is 0 Å². The summed E-state index contributed by atoms with van der Waals surface area (Å²) >= 11 is 0. The van der Waals surface area contributed by atoms with E-state index >= 15 is 0 Å². The fourth-order valence-electron chi connectivity index (χ4n) is 4.11. The molecule has 4 rings (SSSR count). The Morgan fingerprint density at radius 2 is 1.75 bits per heavy atom. The van der Waals surface area contributed by atoms with Crippen LogP contribution < -0.4 is 10.2 Å². The maximum Gasteiger partial charge on any atom is 0.0414 e. The minimum atomic E-state index is 0.712. The highest BCUT2D eigenvalue weighted by molar-refractivity contribution is 5.55. The van der Waals surface area contributed by atoms with Gasteiger partial charge in [-0.2, -0.15) is 0 Å². The van der Waals surface area contributed by atoms with Crippen LogP contribution in [-0.4, -0.2) is 18.6 Å². The monoisotopic (exact) mass is 270 g/mol. The Balaban J connectivity index is 1.63. The van der Waals surface area contributed by atoms with Gasteiger partial charge in [-0.15, -0.1) is 0 Å². The van der Waals surface area contributed by atoms with Gasteiger partial charge in [0.05, 0.1) is 0 Å². The normalized spacial score (nSPS) is 28.0. The van der Waals surface area contributed by atoms with Crippen LogP contribution in [0.5, 0.6) is 0 Å². The predicted octanol–water partition coefficient (Wildman–Crippen LogP) is 3.71. The Morgan fingerprint density at radius 3 is 2.55 bits per heavy atom. The van der Waals surface area contributed by atoms with Gasteiger partial charge in [0.15, 0.2) is 0 Å². The van der Waals surface area contributed by atoms with Crippen LogP contribution in [0.4, 0.5) is 5.69 Å². The second kappa shape index (κ2) is 5.40. The Kier molecular flexibility index (Phi) is 3.43. The van der Waals surface area contributed by atoms with Crippen LogP contribution in [0.25, 0.3) is 0 Å². The molecule has 1 aliphatic heterocycles. The molecule has 1 aromatic rings. The molecule has 0 spiro atoms. The molecule has 1 heterocycles. The van der Waals surface area contributed by atoms with E-state index in [1.54, 1.807) is 0 Å². The number of fused-ring (bicyclic) bond motifs is 1. The zero-order chi connectivity index (χ0) is 13.4. The van der Waals surface area contributed by atoms with Crippen molar-refractivity contribution in [2.24, 2.45) is 5.92 Å². The highest BCUT2D eigenvalue weighted by Crippen LogP contribution is 2.37. The Bertz CT molecular complexity index is 460. The van der Waals surface area contributed by atoms with Crippen molar-refractivity contribution in [2.75, 3.05) is 11.4 Å². The lowest BCUT2D eigenvalue weighted by molar-refractivity contribution is 0.388. The first-order valence-electron chi connectivity index (χ1n) is 8.50. The summed E-state index contributed by atoms with van der Waals surface area (Å²) in [6, 6.07) is 10.6. The molecular formula is C18H26N2. The summed E-state index contributed by atoms with van der Waals surface area (Å²) in [5.74, 6) is 0.940. The van der Waals surface area contributed by atoms with E-state index in [0.717, 1.165) is 18.5 Å². The van der Waals surface area contributed by atoms with Gasteiger partial charge in [0.25, 0.3) is 0 Å². The lowest BCUT2D eigenvalue weighted by Gasteiger charge is -2.37. The van der Waals surface area contributed by atoms with Crippen LogP contribution >= 0.6 is 0 Å². The molecule has 3 aliphatic rings. The van der Waals surface area contributed by atoms with Crippen molar-refractivity contribution in [3.63, 3.8) is 0 Å². The number of hydrogen-bond acceptors (Lipinski definition) is 2. The molecule has 0 bridgehead atoms. The molecule has 2 heteroatoms. The second-order valence-electron chi connectivity index (χ2n) is 6.90. The largest absolute Gasteiger partial charge is 0.367 e. The lowest BCUT2D eigenvalue weighted by Crippen LogP contribution is -2.45. The fraction of sp³-hybridized carbons (Fsp3) is 0.667. The number of rotatable bonds is 2. The van der Waals surface area contributed by atoms with Crippen molar-refractivity contribution in [3.8, 4) is 0 Å². The van der Waals surface area contributed by atoms with Crippen LogP contribution in [0.3, 0.4) is 0 Å². The standard InChI is InChI=1S/C18H26N2/c1-2-7-16(8-3-1)20-13-17(14-10-11-14)19-12-15-6-4-5-9-18(15)20/h4-6,9,14,16-17,19H,1-3,7-8,10-13H2. The Hall–Kier alpha value is -1.02. The van der Waals surface area contributed by atoms with Gasteiger partial charge >= 0.3 is 0 Å². The zero-order valence-corrected chi connectivity index (χ0v) is 12.4. The van der Waals surface area contributed by atoms with Gasteiger partial charge < -0.3 is 10.2 Å². The van der Waals surface area contributed by atoms with Crippen molar-refractivity contribution in [2.45, 2.75) is 63.6 Å². The minimum Gasteiger partial charge on any atom is -0.367 e. The van der Waals surface area contributed by atoms with Gasteiger partial charge in [0, 0.05) is 30.9 Å². The van der Waals surface area contributed by atoms with Gasteiger partial charge in [0.2, 0.25) is 0 Å². The third-order valence-corrected chi connectivity index (χ3v) is 5.46. The molecule has 0 saturated heterocycles. The molecule has 0 radical (unpaired) electrons. The van der Waals surface area contributed by atoms with E-state index in [1.165, 1.54) is 62.7 Å². The molecular weight excluding hydrogens is 244 g/mol. The first-order chi connectivity index (χ1) is 9.92. The van der Waals surface area contributed by atoms with E-state index in [1.807, 2.05) is 0 Å². The lowest BCUT2D eigenvalue weighted by atomic mass is 9.93. The van der Waals surface area contributed by atoms with Gasteiger partial charge in [-0.1, -0.05) is 37.5 Å². The summed E-state index contributed by atoms with van der Waals surface area (Å²) in [5, 5.41) is 3.83. The van der Waals surface area contributed by atoms with Gasteiger partial charge in [-0.05, 0) is 43.2 Å². The summed E-state index contributed by atoms with van der Waals surface area (Å²) in [4.78, 5) is 2.76. The molecule has 2 aliphatic carbocycles. The molecule has 1 atom stereocenters. The zero-order valence-electron chi connectivity index (χ0n) is 12.4. The van der Waals surface area contributed by atoms with E-state index in [2.05, 4.69) is 34.5 Å². The molecule has 20 heavy (non-hydrogen) atoms. The quantitative estimate of drug-likeness (QED) is 0.881. The van der Waals surface area contributed by atoms with Crippen LogP contribution in [0, 0.1) is 5.92 Å². The highest BCUT2D eigenvalue weighted by Gasteiger charge is 2.36. The number of nitrogens with one attached hydrogen (secondary N) is 1. The third kappa shape index (κ3) is 2.46. The summed E-state index contributed by atoms with van der Waals surface area (Å²) in [6.07, 6.45) is 9.95. The van der Waals surface area contributed by atoms with E-state index in [4.69, 9.17) is 0 Å². The summed E-state index contributed by atoms with van der Waals surface area (Å²) in [7, 11) is 0. The van der Waals surface area contributed by atoms with Gasteiger partial charge in [-0.3, -0.25) is 0 Å². The van der Waals surface area contributed by atoms with E-state index < -0.39 is 0 Å². The van der Waals surface area contributed by atoms with Crippen molar-refractivity contribution in [1.82, 2.24) is 5.32 Å². The SMILES string of the molecule is c1ccc2c(c1)CNC(C1CC1)CN2C1CCCCC1. The number of para-hydroxylation sites is 1. The summed E-state index contributed by atoms with van der Waals surface area (Å²) in [5.41, 5.74) is 3.01. The number of nitrogens with zero attached hydrogens (tertiary/aromatic N) is 1. The average Bonchev–Trinajstić information content (AvgIpc) is 3.34. The van der Waals surface area contributed by atoms with Gasteiger partial charge in [-0.25, -0.2) is 0 Å². The first kappa shape index (κ1) is 12.7. The third-order valence-electron chi connectivity index (χ3n) is 5.46. The molecule has 1 aromatic carbocycles. The molecule has 108 valence electrons. The van der Waals surface area contributed by atoms with Crippen molar-refractivity contribution >= 4 is 5.69 Å². The molecule has 2 nitrogen and oxygen atoms in total. The molecule has 1 N–H and O–H groups in total. The van der Waals surface area contributed by atoms with Crippen molar-refractivity contribution in [3.05, 3.63) is 29.8 Å². The highest BCUT2D eigenvalue weighted by atomic mass is 15.2. The van der Waals surface area contributed by atoms with Crippen LogP contribution in [-0.2, 0) is 6.54 Å². The number of anilines is 1. The molecule has 2 fully saturated rings. The van der Waals surface area contributed by atoms with Crippen molar-refractivity contribution in [1.29, 1.82) is 0 Å². The average molecular weight is 270 g/mol. The van der Waals surface area contributed by atoms with E-state index in [9.17, 15) is 0 Å². The maximum atomic E-state index is 3.83. The van der Waals surface area contributed by atoms with Crippen LogP contribution in [0.2, 0.25) is 0 Å². The molecule has 0 aromatic heterocycles. The topological polar surface area (TPSA) is 15.3 Å². The molecule has 0 amide bonds. The Morgan fingerprint density at radius 1 is 0.950 bits per heavy atom. The molecule has 2 saturated carbocycles. The van der Waals surface area contributed by atoms with Crippen LogP contribution in [0.1, 0.15) is 50.5 Å².